The van der Waals surface area contributed by atoms with Crippen molar-refractivity contribution < 1.29 is 14.3 Å². The average molecular weight is 192 g/mol. The van der Waals surface area contributed by atoms with Gasteiger partial charge in [-0.15, -0.1) is 0 Å². The molecule has 0 aromatic heterocycles. The highest BCUT2D eigenvalue weighted by Crippen LogP contribution is 2.36. The van der Waals surface area contributed by atoms with Crippen LogP contribution in [-0.4, -0.2) is 13.1 Å². The van der Waals surface area contributed by atoms with E-state index in [0.29, 0.717) is 17.9 Å². The number of hydrogen-bond donors (Lipinski definition) is 0. The first-order valence-electron chi connectivity index (χ1n) is 4.59. The van der Waals surface area contributed by atoms with Gasteiger partial charge in [-0.2, -0.15) is 0 Å². The van der Waals surface area contributed by atoms with Gasteiger partial charge >= 0.3 is 5.97 Å². The lowest BCUT2D eigenvalue weighted by atomic mass is 9.95. The Balaban J connectivity index is 2.43. The number of benzene rings is 1. The highest BCUT2D eigenvalue weighted by molar-refractivity contribution is 5.76. The topological polar surface area (TPSA) is 35.5 Å². The Labute approximate surface area is 82.6 Å². The molecule has 2 rings (SSSR count). The van der Waals surface area contributed by atoms with Gasteiger partial charge in [0, 0.05) is 6.07 Å². The number of ether oxygens (including phenoxy) is 2. The molecule has 1 heterocycles. The van der Waals surface area contributed by atoms with E-state index in [9.17, 15) is 4.79 Å². The van der Waals surface area contributed by atoms with Crippen LogP contribution in [0.1, 0.15) is 24.8 Å². The zero-order chi connectivity index (χ0) is 10.1. The van der Waals surface area contributed by atoms with Crippen LogP contribution >= 0.6 is 0 Å². The van der Waals surface area contributed by atoms with Crippen LogP contribution in [0, 0.1) is 0 Å². The molecule has 14 heavy (non-hydrogen) atoms. The maximum Gasteiger partial charge on any atom is 0.311 e. The Bertz CT molecular complexity index is 371. The maximum absolute atomic E-state index is 11.2. The van der Waals surface area contributed by atoms with Gasteiger partial charge in [0.15, 0.2) is 0 Å². The molecule has 1 aliphatic rings. The zero-order valence-electron chi connectivity index (χ0n) is 8.24. The molecule has 1 aromatic rings. The van der Waals surface area contributed by atoms with E-state index < -0.39 is 0 Å². The summed E-state index contributed by atoms with van der Waals surface area (Å²) < 4.78 is 10.2. The summed E-state index contributed by atoms with van der Waals surface area (Å²) in [6.07, 6.45) is 0.458. The molecule has 0 spiro atoms. The average Bonchev–Trinajstić information content (AvgIpc) is 2.16. The summed E-state index contributed by atoms with van der Waals surface area (Å²) in [7, 11) is 1.59. The van der Waals surface area contributed by atoms with E-state index in [1.165, 1.54) is 0 Å². The summed E-state index contributed by atoms with van der Waals surface area (Å²) in [6.45, 7) is 2.02. The molecule has 74 valence electrons. The highest BCUT2D eigenvalue weighted by Gasteiger charge is 2.23. The third-order valence-electron chi connectivity index (χ3n) is 2.45. The minimum atomic E-state index is -0.168. The van der Waals surface area contributed by atoms with Gasteiger partial charge in [0.1, 0.15) is 11.5 Å². The van der Waals surface area contributed by atoms with E-state index in [1.54, 1.807) is 13.2 Å². The van der Waals surface area contributed by atoms with E-state index in [2.05, 4.69) is 0 Å². The summed E-state index contributed by atoms with van der Waals surface area (Å²) in [4.78, 5) is 11.2. The minimum absolute atomic E-state index is 0.168. The lowest BCUT2D eigenvalue weighted by Crippen LogP contribution is -2.18. The molecule has 0 N–H and O–H groups in total. The number of carbonyl (C=O) groups is 1. The van der Waals surface area contributed by atoms with Gasteiger partial charge in [0.2, 0.25) is 0 Å². The van der Waals surface area contributed by atoms with E-state index in [0.717, 1.165) is 5.56 Å². The van der Waals surface area contributed by atoms with Crippen molar-refractivity contribution in [2.75, 3.05) is 7.11 Å². The molecular formula is C11H12O3. The summed E-state index contributed by atoms with van der Waals surface area (Å²) >= 11 is 0. The maximum atomic E-state index is 11.2. The second-order valence-corrected chi connectivity index (χ2v) is 3.48. The predicted molar refractivity (Wildman–Crippen MR) is 51.7 cm³/mol. The fourth-order valence-corrected chi connectivity index (χ4v) is 1.66. The Kier molecular flexibility index (Phi) is 2.15. The fourth-order valence-electron chi connectivity index (χ4n) is 1.66. The quantitative estimate of drug-likeness (QED) is 0.505. The highest BCUT2D eigenvalue weighted by atomic mass is 16.5. The fraction of sp³-hybridized carbons (Fsp3) is 0.364. The lowest BCUT2D eigenvalue weighted by molar-refractivity contribution is -0.135. The van der Waals surface area contributed by atoms with Crippen molar-refractivity contribution in [3.8, 4) is 11.5 Å². The minimum Gasteiger partial charge on any atom is -0.497 e. The molecule has 0 aliphatic carbocycles. The van der Waals surface area contributed by atoms with Crippen molar-refractivity contribution in [2.45, 2.75) is 19.3 Å². The Morgan fingerprint density at radius 3 is 3.00 bits per heavy atom. The number of esters is 1. The standard InChI is InChI=1S/C11H12O3/c1-7-5-11(12)14-10-6-8(13-2)3-4-9(7)10/h3-4,6-7H,5H2,1-2H3. The van der Waals surface area contributed by atoms with Gasteiger partial charge in [-0.1, -0.05) is 13.0 Å². The molecule has 1 unspecified atom stereocenters. The molecule has 0 radical (unpaired) electrons. The molecule has 0 bridgehead atoms. The van der Waals surface area contributed by atoms with Crippen LogP contribution in [-0.2, 0) is 4.79 Å². The summed E-state index contributed by atoms with van der Waals surface area (Å²) in [6, 6.07) is 5.59. The molecule has 1 aromatic carbocycles. The van der Waals surface area contributed by atoms with Crippen LogP contribution in [0.25, 0.3) is 0 Å². The molecule has 3 heteroatoms. The Hall–Kier alpha value is -1.51. The van der Waals surface area contributed by atoms with Crippen LogP contribution < -0.4 is 9.47 Å². The van der Waals surface area contributed by atoms with Crippen LogP contribution in [0.5, 0.6) is 11.5 Å². The van der Waals surface area contributed by atoms with Crippen LogP contribution in [0.4, 0.5) is 0 Å². The molecule has 0 saturated heterocycles. The number of carbonyl (C=O) groups excluding carboxylic acids is 1. The zero-order valence-corrected chi connectivity index (χ0v) is 8.24. The van der Waals surface area contributed by atoms with Gasteiger partial charge < -0.3 is 9.47 Å². The molecule has 1 aliphatic heterocycles. The largest absolute Gasteiger partial charge is 0.497 e. The first-order valence-corrected chi connectivity index (χ1v) is 4.59. The third-order valence-corrected chi connectivity index (χ3v) is 2.45. The van der Waals surface area contributed by atoms with Crippen molar-refractivity contribution >= 4 is 5.97 Å². The first-order chi connectivity index (χ1) is 6.70. The number of methoxy groups -OCH3 is 1. The van der Waals surface area contributed by atoms with Crippen molar-refractivity contribution in [1.29, 1.82) is 0 Å². The van der Waals surface area contributed by atoms with Gasteiger partial charge in [0.05, 0.1) is 13.5 Å². The molecule has 1 atom stereocenters. The van der Waals surface area contributed by atoms with Gasteiger partial charge in [0.25, 0.3) is 0 Å². The van der Waals surface area contributed by atoms with Crippen molar-refractivity contribution in [1.82, 2.24) is 0 Å². The normalized spacial score (nSPS) is 19.9. The van der Waals surface area contributed by atoms with Crippen LogP contribution in [0.2, 0.25) is 0 Å². The lowest BCUT2D eigenvalue weighted by Gasteiger charge is -2.21. The SMILES string of the molecule is COc1ccc2c(c1)OC(=O)CC2C. The molecule has 0 saturated carbocycles. The van der Waals surface area contributed by atoms with E-state index >= 15 is 0 Å². The smallest absolute Gasteiger partial charge is 0.311 e. The second-order valence-electron chi connectivity index (χ2n) is 3.48. The number of rotatable bonds is 1. The van der Waals surface area contributed by atoms with Crippen molar-refractivity contribution in [3.63, 3.8) is 0 Å². The summed E-state index contributed by atoms with van der Waals surface area (Å²) in [5, 5.41) is 0. The molecular weight excluding hydrogens is 180 g/mol. The van der Waals surface area contributed by atoms with Gasteiger partial charge in [-0.3, -0.25) is 4.79 Å². The summed E-state index contributed by atoms with van der Waals surface area (Å²) in [5.41, 5.74) is 1.07. The third kappa shape index (κ3) is 1.45. The van der Waals surface area contributed by atoms with E-state index in [4.69, 9.17) is 9.47 Å². The first kappa shape index (κ1) is 9.06. The number of fused-ring (bicyclic) bond motifs is 1. The van der Waals surface area contributed by atoms with Gasteiger partial charge in [-0.05, 0) is 17.5 Å². The van der Waals surface area contributed by atoms with E-state index in [-0.39, 0.29) is 11.9 Å². The molecule has 0 amide bonds. The van der Waals surface area contributed by atoms with E-state index in [1.807, 2.05) is 19.1 Å². The monoisotopic (exact) mass is 192 g/mol. The number of hydrogen-bond acceptors (Lipinski definition) is 3. The van der Waals surface area contributed by atoms with Crippen LogP contribution in [0.15, 0.2) is 18.2 Å². The Morgan fingerprint density at radius 1 is 1.50 bits per heavy atom. The molecule has 0 fully saturated rings. The Morgan fingerprint density at radius 2 is 2.29 bits per heavy atom. The van der Waals surface area contributed by atoms with Crippen molar-refractivity contribution in [3.05, 3.63) is 23.8 Å². The summed E-state index contributed by atoms with van der Waals surface area (Å²) in [5.74, 6) is 1.41. The second kappa shape index (κ2) is 3.33. The predicted octanol–water partition coefficient (Wildman–Crippen LogP) is 2.11. The van der Waals surface area contributed by atoms with Gasteiger partial charge in [-0.25, -0.2) is 0 Å². The van der Waals surface area contributed by atoms with Crippen LogP contribution in [0.3, 0.4) is 0 Å². The van der Waals surface area contributed by atoms with Crippen molar-refractivity contribution in [2.24, 2.45) is 0 Å². The molecule has 3 nitrogen and oxygen atoms in total.